The highest BCUT2D eigenvalue weighted by atomic mass is 79.9. The van der Waals surface area contributed by atoms with Gasteiger partial charge in [0, 0.05) is 19.6 Å². The van der Waals surface area contributed by atoms with Crippen molar-refractivity contribution in [2.45, 2.75) is 45.1 Å². The summed E-state index contributed by atoms with van der Waals surface area (Å²) >= 11 is 3.34. The predicted octanol–water partition coefficient (Wildman–Crippen LogP) is 4.21. The van der Waals surface area contributed by atoms with Crippen LogP contribution in [0.4, 0.5) is 10.1 Å². The van der Waals surface area contributed by atoms with Crippen LogP contribution in [0.2, 0.25) is 0 Å². The van der Waals surface area contributed by atoms with Gasteiger partial charge in [-0.25, -0.2) is 4.39 Å². The minimum absolute atomic E-state index is 0.157. The first-order chi connectivity index (χ1) is 9.65. The van der Waals surface area contributed by atoms with E-state index in [2.05, 4.69) is 20.8 Å². The van der Waals surface area contributed by atoms with Crippen molar-refractivity contribution in [3.05, 3.63) is 28.0 Å². The van der Waals surface area contributed by atoms with Crippen LogP contribution in [0.1, 0.15) is 44.1 Å². The molecule has 3 rings (SSSR count). The summed E-state index contributed by atoms with van der Waals surface area (Å²) in [6, 6.07) is 3.82. The highest BCUT2D eigenvalue weighted by molar-refractivity contribution is 9.10. The lowest BCUT2D eigenvalue weighted by Crippen LogP contribution is -2.39. The Hall–Kier alpha value is -0.610. The Morgan fingerprint density at radius 3 is 2.40 bits per heavy atom. The van der Waals surface area contributed by atoms with Crippen LogP contribution in [0, 0.1) is 11.2 Å². The van der Waals surface area contributed by atoms with Crippen LogP contribution in [-0.2, 0) is 6.54 Å². The minimum atomic E-state index is -0.157. The first-order valence-corrected chi connectivity index (χ1v) is 8.36. The van der Waals surface area contributed by atoms with E-state index >= 15 is 0 Å². The van der Waals surface area contributed by atoms with Crippen LogP contribution in [0.25, 0.3) is 0 Å². The second-order valence-electron chi connectivity index (χ2n) is 6.27. The zero-order chi connectivity index (χ0) is 14.2. The molecule has 1 aromatic rings. The highest BCUT2D eigenvalue weighted by Gasteiger charge is 2.37. The van der Waals surface area contributed by atoms with Crippen molar-refractivity contribution in [2.75, 3.05) is 18.0 Å². The van der Waals surface area contributed by atoms with Gasteiger partial charge in [-0.3, -0.25) is 0 Å². The van der Waals surface area contributed by atoms with E-state index in [9.17, 15) is 4.39 Å². The van der Waals surface area contributed by atoms with Crippen molar-refractivity contribution in [3.8, 4) is 0 Å². The molecule has 2 aliphatic rings. The number of nitrogens with zero attached hydrogens (tertiary/aromatic N) is 1. The van der Waals surface area contributed by atoms with Crippen molar-refractivity contribution in [3.63, 3.8) is 0 Å². The number of piperidine rings is 1. The van der Waals surface area contributed by atoms with Gasteiger partial charge in [0.25, 0.3) is 0 Å². The van der Waals surface area contributed by atoms with Crippen molar-refractivity contribution in [1.29, 1.82) is 0 Å². The van der Waals surface area contributed by atoms with E-state index in [1.165, 1.54) is 38.5 Å². The van der Waals surface area contributed by atoms with Crippen LogP contribution < -0.4 is 10.6 Å². The summed E-state index contributed by atoms with van der Waals surface area (Å²) < 4.78 is 15.0. The maximum Gasteiger partial charge on any atom is 0.160 e. The number of hydrogen-bond acceptors (Lipinski definition) is 2. The molecule has 0 bridgehead atoms. The maximum absolute atomic E-state index is 14.5. The van der Waals surface area contributed by atoms with Crippen LogP contribution >= 0.6 is 15.9 Å². The quantitative estimate of drug-likeness (QED) is 0.873. The molecule has 1 saturated carbocycles. The number of anilines is 1. The third-order valence-corrected chi connectivity index (χ3v) is 6.05. The van der Waals surface area contributed by atoms with Gasteiger partial charge in [-0.1, -0.05) is 18.9 Å². The molecule has 2 nitrogen and oxygen atoms in total. The average molecular weight is 341 g/mol. The Bertz CT molecular complexity index is 487. The van der Waals surface area contributed by atoms with Gasteiger partial charge in [0.1, 0.15) is 0 Å². The van der Waals surface area contributed by atoms with E-state index in [4.69, 9.17) is 5.73 Å². The van der Waals surface area contributed by atoms with E-state index < -0.39 is 0 Å². The summed E-state index contributed by atoms with van der Waals surface area (Å²) in [5, 5.41) is 0. The summed E-state index contributed by atoms with van der Waals surface area (Å²) in [4.78, 5) is 2.20. The molecule has 110 valence electrons. The monoisotopic (exact) mass is 340 g/mol. The molecule has 1 aliphatic carbocycles. The molecule has 1 heterocycles. The fourth-order valence-electron chi connectivity index (χ4n) is 3.83. The number of hydrogen-bond donors (Lipinski definition) is 1. The van der Waals surface area contributed by atoms with Crippen molar-refractivity contribution in [2.24, 2.45) is 11.1 Å². The van der Waals surface area contributed by atoms with Gasteiger partial charge in [0.05, 0.1) is 10.2 Å². The summed E-state index contributed by atoms with van der Waals surface area (Å²) in [6.45, 7) is 2.32. The SMILES string of the molecule is NCc1ccc(N2CCC3(CCCC3)CC2)c(F)c1Br. The van der Waals surface area contributed by atoms with E-state index in [0.717, 1.165) is 24.3 Å². The largest absolute Gasteiger partial charge is 0.369 e. The van der Waals surface area contributed by atoms with Crippen LogP contribution in [-0.4, -0.2) is 13.1 Å². The highest BCUT2D eigenvalue weighted by Crippen LogP contribution is 2.47. The second kappa shape index (κ2) is 5.64. The second-order valence-corrected chi connectivity index (χ2v) is 7.06. The zero-order valence-corrected chi connectivity index (χ0v) is 13.4. The minimum Gasteiger partial charge on any atom is -0.369 e. The van der Waals surface area contributed by atoms with Gasteiger partial charge in [0.2, 0.25) is 0 Å². The zero-order valence-electron chi connectivity index (χ0n) is 11.8. The normalized spacial score (nSPS) is 21.6. The van der Waals surface area contributed by atoms with Gasteiger partial charge in [-0.15, -0.1) is 0 Å². The molecule has 2 fully saturated rings. The average Bonchev–Trinajstić information content (AvgIpc) is 2.92. The summed E-state index contributed by atoms with van der Waals surface area (Å²) in [5.74, 6) is -0.157. The Morgan fingerprint density at radius 1 is 1.15 bits per heavy atom. The number of halogens is 2. The molecular weight excluding hydrogens is 319 g/mol. The molecule has 20 heavy (non-hydrogen) atoms. The number of nitrogens with two attached hydrogens (primary N) is 1. The Kier molecular flexibility index (Phi) is 4.04. The summed E-state index contributed by atoms with van der Waals surface area (Å²) in [5.41, 5.74) is 7.74. The van der Waals surface area contributed by atoms with Gasteiger partial charge >= 0.3 is 0 Å². The maximum atomic E-state index is 14.5. The van der Waals surface area contributed by atoms with Gasteiger partial charge in [-0.05, 0) is 58.7 Å². The summed E-state index contributed by atoms with van der Waals surface area (Å²) in [7, 11) is 0. The first kappa shape index (κ1) is 14.3. The molecule has 0 atom stereocenters. The molecule has 1 spiro atoms. The molecule has 0 aromatic heterocycles. The van der Waals surface area contributed by atoms with E-state index in [1.54, 1.807) is 0 Å². The smallest absolute Gasteiger partial charge is 0.160 e. The van der Waals surface area contributed by atoms with Crippen LogP contribution in [0.5, 0.6) is 0 Å². The third-order valence-electron chi connectivity index (χ3n) is 5.19. The lowest BCUT2D eigenvalue weighted by atomic mass is 9.77. The van der Waals surface area contributed by atoms with Gasteiger partial charge < -0.3 is 10.6 Å². The van der Waals surface area contributed by atoms with E-state index in [-0.39, 0.29) is 5.82 Å². The van der Waals surface area contributed by atoms with Crippen molar-refractivity contribution >= 4 is 21.6 Å². The number of benzene rings is 1. The number of rotatable bonds is 2. The van der Waals surface area contributed by atoms with Crippen molar-refractivity contribution in [1.82, 2.24) is 0 Å². The fraction of sp³-hybridized carbons (Fsp3) is 0.625. The molecular formula is C16H22BrFN2. The molecule has 1 aromatic carbocycles. The molecule has 1 aliphatic heterocycles. The molecule has 0 amide bonds. The molecule has 2 N–H and O–H groups in total. The molecule has 0 unspecified atom stereocenters. The van der Waals surface area contributed by atoms with Crippen molar-refractivity contribution < 1.29 is 4.39 Å². The Balaban J connectivity index is 1.76. The lowest BCUT2D eigenvalue weighted by molar-refractivity contribution is 0.226. The first-order valence-electron chi connectivity index (χ1n) is 7.57. The topological polar surface area (TPSA) is 29.3 Å². The molecule has 1 saturated heterocycles. The van der Waals surface area contributed by atoms with Gasteiger partial charge in [0.15, 0.2) is 5.82 Å². The third kappa shape index (κ3) is 2.48. The fourth-order valence-corrected chi connectivity index (χ4v) is 4.33. The molecule has 4 heteroatoms. The summed E-state index contributed by atoms with van der Waals surface area (Å²) in [6.07, 6.45) is 7.93. The van der Waals surface area contributed by atoms with E-state index in [1.807, 2.05) is 12.1 Å². The van der Waals surface area contributed by atoms with Crippen LogP contribution in [0.3, 0.4) is 0 Å². The standard InChI is InChI=1S/C16H22BrFN2/c17-14-12(11-19)3-4-13(15(14)18)20-9-7-16(8-10-20)5-1-2-6-16/h3-4H,1-2,5-11,19H2. The van der Waals surface area contributed by atoms with Gasteiger partial charge in [-0.2, -0.15) is 0 Å². The Morgan fingerprint density at radius 2 is 1.80 bits per heavy atom. The lowest BCUT2D eigenvalue weighted by Gasteiger charge is -2.40. The molecule has 0 radical (unpaired) electrons. The van der Waals surface area contributed by atoms with E-state index in [0.29, 0.717) is 16.4 Å². The Labute approximate surface area is 128 Å². The predicted molar refractivity (Wildman–Crippen MR) is 84.3 cm³/mol. The van der Waals surface area contributed by atoms with Crippen LogP contribution in [0.15, 0.2) is 16.6 Å².